The third kappa shape index (κ3) is 5.12. The molecule has 220 valence electrons. The molecule has 3 atom stereocenters. The Labute approximate surface area is 245 Å². The summed E-state index contributed by atoms with van der Waals surface area (Å²) in [7, 11) is 0. The van der Waals surface area contributed by atoms with Crippen molar-refractivity contribution in [3.05, 3.63) is 36.0 Å². The van der Waals surface area contributed by atoms with E-state index in [2.05, 4.69) is 20.4 Å². The number of aromatic nitrogens is 4. The lowest BCUT2D eigenvalue weighted by atomic mass is 9.90. The molecule has 1 amide bonds. The van der Waals surface area contributed by atoms with Crippen molar-refractivity contribution in [1.82, 2.24) is 24.6 Å². The van der Waals surface area contributed by atoms with Gasteiger partial charge in [-0.2, -0.15) is 5.10 Å². The molecule has 0 spiro atoms. The quantitative estimate of drug-likeness (QED) is 0.448. The van der Waals surface area contributed by atoms with E-state index in [1.54, 1.807) is 22.0 Å². The van der Waals surface area contributed by atoms with Crippen molar-refractivity contribution in [3.8, 4) is 11.1 Å². The average Bonchev–Trinajstić information content (AvgIpc) is 3.38. The number of piperidine rings is 1. The first-order valence-electron chi connectivity index (χ1n) is 15.1. The van der Waals surface area contributed by atoms with Gasteiger partial charge in [0, 0.05) is 62.1 Å². The third-order valence-electron chi connectivity index (χ3n) is 9.35. The molecule has 1 saturated carbocycles. The molecule has 1 aromatic carbocycles. The number of nitrogens with one attached hydrogen (secondary N) is 1. The number of benzene rings is 1. The van der Waals surface area contributed by atoms with Gasteiger partial charge in [0.2, 0.25) is 5.91 Å². The van der Waals surface area contributed by atoms with Crippen LogP contribution in [0.2, 0.25) is 0 Å². The number of carbonyl (C=O) groups excluding carboxylic acids is 4. The molecule has 6 rings (SSSR count). The van der Waals surface area contributed by atoms with Crippen LogP contribution in [0.3, 0.4) is 0 Å². The Balaban J connectivity index is 1.44. The predicted molar refractivity (Wildman–Crippen MR) is 158 cm³/mol. The Kier molecular flexibility index (Phi) is 7.41. The summed E-state index contributed by atoms with van der Waals surface area (Å²) < 4.78 is 1.63. The fraction of sp³-hybridized carbons (Fsp3) is 0.531. The molecule has 2 aromatic heterocycles. The highest BCUT2D eigenvalue weighted by molar-refractivity contribution is 6.09. The number of hydrogen-bond donors (Lipinski definition) is 1. The molecule has 0 radical (unpaired) electrons. The van der Waals surface area contributed by atoms with Crippen molar-refractivity contribution in [2.45, 2.75) is 97.2 Å². The maximum absolute atomic E-state index is 14.0. The van der Waals surface area contributed by atoms with Crippen LogP contribution in [-0.4, -0.2) is 66.5 Å². The van der Waals surface area contributed by atoms with Crippen molar-refractivity contribution in [1.29, 1.82) is 0 Å². The van der Waals surface area contributed by atoms with E-state index in [0.29, 0.717) is 54.6 Å². The van der Waals surface area contributed by atoms with Crippen LogP contribution in [0.4, 0.5) is 5.69 Å². The Bertz CT molecular complexity index is 1580. The highest BCUT2D eigenvalue weighted by atomic mass is 16.2. The van der Waals surface area contributed by atoms with Gasteiger partial charge in [-0.25, -0.2) is 9.97 Å². The second kappa shape index (κ2) is 11.0. The molecular weight excluding hydrogens is 532 g/mol. The Morgan fingerprint density at radius 3 is 2.57 bits per heavy atom. The molecule has 2 aliphatic heterocycles. The highest BCUT2D eigenvalue weighted by Gasteiger charge is 2.66. The zero-order valence-corrected chi connectivity index (χ0v) is 24.6. The van der Waals surface area contributed by atoms with Gasteiger partial charge in [-0.3, -0.25) is 23.9 Å². The van der Waals surface area contributed by atoms with Crippen molar-refractivity contribution in [2.75, 3.05) is 11.9 Å². The van der Waals surface area contributed by atoms with E-state index < -0.39 is 6.04 Å². The first-order chi connectivity index (χ1) is 20.2. The van der Waals surface area contributed by atoms with Gasteiger partial charge < -0.3 is 10.2 Å². The van der Waals surface area contributed by atoms with Gasteiger partial charge in [0.25, 0.3) is 0 Å². The second-order valence-corrected chi connectivity index (χ2v) is 12.2. The number of Topliss-reactive ketones (excluding diaryl/α,β-unsaturated/α-hetero) is 3. The average molecular weight is 571 g/mol. The van der Waals surface area contributed by atoms with E-state index in [1.807, 2.05) is 26.0 Å². The van der Waals surface area contributed by atoms with Gasteiger partial charge in [-0.15, -0.1) is 0 Å². The van der Waals surface area contributed by atoms with Crippen LogP contribution in [0.1, 0.15) is 87.9 Å². The summed E-state index contributed by atoms with van der Waals surface area (Å²) in [6.45, 7) is 5.73. The van der Waals surface area contributed by atoms with E-state index in [4.69, 9.17) is 0 Å². The van der Waals surface area contributed by atoms with E-state index in [-0.39, 0.29) is 41.3 Å². The summed E-state index contributed by atoms with van der Waals surface area (Å²) in [5, 5.41) is 8.86. The minimum atomic E-state index is -0.477. The van der Waals surface area contributed by atoms with Crippen molar-refractivity contribution in [2.24, 2.45) is 5.41 Å². The highest BCUT2D eigenvalue weighted by Crippen LogP contribution is 2.62. The second-order valence-electron chi connectivity index (χ2n) is 12.2. The Hall–Kier alpha value is -3.95. The lowest BCUT2D eigenvalue weighted by molar-refractivity contribution is -0.139. The molecule has 1 saturated heterocycles. The largest absolute Gasteiger partial charge is 0.383 e. The lowest BCUT2D eigenvalue weighted by Gasteiger charge is -2.26. The summed E-state index contributed by atoms with van der Waals surface area (Å²) in [6.07, 6.45) is 9.73. The first-order valence-corrected chi connectivity index (χ1v) is 15.1. The summed E-state index contributed by atoms with van der Waals surface area (Å²) in [5.74, 6) is 0.614. The number of hydrogen-bond acceptors (Lipinski definition) is 8. The maximum atomic E-state index is 14.0. The molecule has 0 unspecified atom stereocenters. The van der Waals surface area contributed by atoms with Crippen molar-refractivity contribution in [3.63, 3.8) is 0 Å². The molecule has 3 aliphatic rings. The van der Waals surface area contributed by atoms with Gasteiger partial charge in [0.15, 0.2) is 11.6 Å². The van der Waals surface area contributed by atoms with Crippen LogP contribution in [0.5, 0.6) is 0 Å². The number of carbonyl (C=O) groups is 4. The number of amides is 1. The normalized spacial score (nSPS) is 24.7. The smallest absolute Gasteiger partial charge is 0.245 e. The topological polar surface area (TPSA) is 127 Å². The van der Waals surface area contributed by atoms with E-state index in [9.17, 15) is 19.2 Å². The molecule has 3 aromatic rings. The molecule has 42 heavy (non-hydrogen) atoms. The molecular formula is C32H38N6O4. The minimum Gasteiger partial charge on any atom is -0.383 e. The summed E-state index contributed by atoms with van der Waals surface area (Å²) >= 11 is 0. The van der Waals surface area contributed by atoms with Crippen molar-refractivity contribution >= 4 is 39.8 Å². The molecule has 2 bridgehead atoms. The van der Waals surface area contributed by atoms with Crippen LogP contribution in [0, 0.1) is 12.3 Å². The molecule has 1 aliphatic carbocycles. The summed E-state index contributed by atoms with van der Waals surface area (Å²) in [4.78, 5) is 63.0. The predicted octanol–water partition coefficient (Wildman–Crippen LogP) is 4.68. The zero-order valence-electron chi connectivity index (χ0n) is 24.6. The zero-order chi connectivity index (χ0) is 29.6. The molecule has 10 nitrogen and oxygen atoms in total. The van der Waals surface area contributed by atoms with Gasteiger partial charge in [-0.05, 0) is 62.1 Å². The Morgan fingerprint density at radius 2 is 1.83 bits per heavy atom. The van der Waals surface area contributed by atoms with Crippen LogP contribution in [0.15, 0.2) is 24.5 Å². The van der Waals surface area contributed by atoms with Gasteiger partial charge in [0.05, 0.1) is 17.2 Å². The standard InChI is InChI=1S/C32H38N6O4/c1-4-27(41)26-14-32-10-9-23(40)8-6-5-7-11-33-25-13-21(22-16-34-20(3)35-17-22)12-24-30(19(2)39)36-37(31(24)25)18-29(42)38(26)28(32)15-32/h12-13,16-17,26,28,33H,4-11,14-15,18H2,1-3H3/t26-,28+,32-/m0/s1. The number of aryl methyl sites for hydroxylation is 1. The minimum absolute atomic E-state index is 0.0335. The van der Waals surface area contributed by atoms with E-state index in [1.165, 1.54) is 6.92 Å². The van der Waals surface area contributed by atoms with E-state index in [0.717, 1.165) is 48.9 Å². The number of anilines is 1. The number of nitrogens with zero attached hydrogens (tertiary/aromatic N) is 5. The molecule has 10 heteroatoms. The molecule has 4 heterocycles. The third-order valence-corrected chi connectivity index (χ3v) is 9.35. The fourth-order valence-electron chi connectivity index (χ4n) is 6.97. The fourth-order valence-corrected chi connectivity index (χ4v) is 6.97. The van der Waals surface area contributed by atoms with Crippen LogP contribution in [-0.2, 0) is 20.9 Å². The van der Waals surface area contributed by atoms with Crippen LogP contribution in [0.25, 0.3) is 22.0 Å². The van der Waals surface area contributed by atoms with Gasteiger partial charge >= 0.3 is 0 Å². The van der Waals surface area contributed by atoms with E-state index >= 15 is 0 Å². The maximum Gasteiger partial charge on any atom is 0.245 e. The SMILES string of the molecule is CCC(=O)[C@@H]1C[C@]23CCC(=O)CCCCCNc4cc(-c5cnc(C)nc5)cc5c(C(C)=O)nn(c45)CC(=O)N1[C@@H]2C3. The van der Waals surface area contributed by atoms with Crippen molar-refractivity contribution < 1.29 is 19.2 Å². The van der Waals surface area contributed by atoms with Gasteiger partial charge in [-0.1, -0.05) is 13.3 Å². The van der Waals surface area contributed by atoms with Gasteiger partial charge in [0.1, 0.15) is 23.8 Å². The van der Waals surface area contributed by atoms with Crippen LogP contribution < -0.4 is 5.32 Å². The summed E-state index contributed by atoms with van der Waals surface area (Å²) in [6, 6.07) is 3.40. The van der Waals surface area contributed by atoms with Crippen LogP contribution >= 0.6 is 0 Å². The monoisotopic (exact) mass is 570 g/mol. The first kappa shape index (κ1) is 28.2. The number of ketones is 3. The Morgan fingerprint density at radius 1 is 1.05 bits per heavy atom. The number of rotatable bonds is 4. The molecule has 1 N–H and O–H groups in total. The lowest BCUT2D eigenvalue weighted by Crippen LogP contribution is -2.44. The summed E-state index contributed by atoms with van der Waals surface area (Å²) in [5.41, 5.74) is 3.24. The molecule has 2 fully saturated rings.